The first-order valence-corrected chi connectivity index (χ1v) is 2.77. The van der Waals surface area contributed by atoms with Crippen LogP contribution in [-0.2, 0) is 25.8 Å². The summed E-state index contributed by atoms with van der Waals surface area (Å²) in [6, 6.07) is 0. The van der Waals surface area contributed by atoms with E-state index >= 15 is 0 Å². The van der Waals surface area contributed by atoms with E-state index < -0.39 is 0 Å². The van der Waals surface area contributed by atoms with Crippen molar-refractivity contribution in [2.24, 2.45) is 5.92 Å². The van der Waals surface area contributed by atoms with Crippen molar-refractivity contribution in [1.29, 1.82) is 0 Å². The van der Waals surface area contributed by atoms with Gasteiger partial charge in [0.25, 0.3) is 0 Å². The van der Waals surface area contributed by atoms with E-state index in [-0.39, 0.29) is 25.8 Å². The molecule has 0 aromatic rings. The molecule has 0 atom stereocenters. The Kier molecular flexibility index (Phi) is 10.6. The minimum absolute atomic E-state index is 0. The molecule has 0 saturated carbocycles. The second-order valence-electron chi connectivity index (χ2n) is 2.18. The average molecular weight is 265 g/mol. The Balaban J connectivity index is 0. The van der Waals surface area contributed by atoms with Crippen molar-refractivity contribution in [3.05, 3.63) is 0 Å². The molecule has 7 heavy (non-hydrogen) atoms. The molecule has 0 saturated heterocycles. The zero-order valence-electron chi connectivity index (χ0n) is 5.49. The summed E-state index contributed by atoms with van der Waals surface area (Å²) in [6.45, 7) is 6.73. The SMILES string of the molecule is CCCC(C)C.[Hf]. The van der Waals surface area contributed by atoms with Crippen molar-refractivity contribution < 1.29 is 25.8 Å². The van der Waals surface area contributed by atoms with Crippen molar-refractivity contribution in [3.63, 3.8) is 0 Å². The van der Waals surface area contributed by atoms with Crippen LogP contribution in [0.2, 0.25) is 0 Å². The quantitative estimate of drug-likeness (QED) is 0.672. The van der Waals surface area contributed by atoms with E-state index in [1.54, 1.807) is 0 Å². The summed E-state index contributed by atoms with van der Waals surface area (Å²) >= 11 is 0. The molecule has 0 radical (unpaired) electrons. The first-order chi connectivity index (χ1) is 2.77. The van der Waals surface area contributed by atoms with Crippen LogP contribution in [0.5, 0.6) is 0 Å². The van der Waals surface area contributed by atoms with Gasteiger partial charge in [0.2, 0.25) is 0 Å². The van der Waals surface area contributed by atoms with Gasteiger partial charge in [-0.25, -0.2) is 0 Å². The smallest absolute Gasteiger partial charge is 0 e. The van der Waals surface area contributed by atoms with Gasteiger partial charge in [-0.1, -0.05) is 33.6 Å². The van der Waals surface area contributed by atoms with Gasteiger partial charge in [0, 0.05) is 25.8 Å². The Labute approximate surface area is 65.5 Å². The van der Waals surface area contributed by atoms with Crippen molar-refractivity contribution >= 4 is 0 Å². The molecule has 0 aromatic heterocycles. The topological polar surface area (TPSA) is 0 Å². The number of hydrogen-bond donors (Lipinski definition) is 0. The van der Waals surface area contributed by atoms with E-state index in [0.717, 1.165) is 5.92 Å². The Hall–Kier alpha value is 0.870. The Bertz CT molecular complexity index is 25.4. The maximum atomic E-state index is 2.25. The van der Waals surface area contributed by atoms with Crippen molar-refractivity contribution in [3.8, 4) is 0 Å². The Morgan fingerprint density at radius 3 is 1.71 bits per heavy atom. The Morgan fingerprint density at radius 2 is 1.71 bits per heavy atom. The molecule has 0 aliphatic rings. The molecule has 0 aromatic carbocycles. The first-order valence-electron chi connectivity index (χ1n) is 2.77. The van der Waals surface area contributed by atoms with Gasteiger partial charge in [0.15, 0.2) is 0 Å². The molecule has 0 aliphatic heterocycles. The summed E-state index contributed by atoms with van der Waals surface area (Å²) in [5, 5.41) is 0. The predicted octanol–water partition coefficient (Wildman–Crippen LogP) is 2.44. The van der Waals surface area contributed by atoms with Crippen LogP contribution in [0.1, 0.15) is 33.6 Å². The molecular formula is C6H14Hf. The molecule has 0 N–H and O–H groups in total. The number of hydrogen-bond acceptors (Lipinski definition) is 0. The van der Waals surface area contributed by atoms with E-state index in [0.29, 0.717) is 0 Å². The fourth-order valence-corrected chi connectivity index (χ4v) is 0.577. The minimum atomic E-state index is 0. The average Bonchev–Trinajstić information content (AvgIpc) is 1.35. The second kappa shape index (κ2) is 6.87. The van der Waals surface area contributed by atoms with Crippen LogP contribution >= 0.6 is 0 Å². The number of rotatable bonds is 2. The summed E-state index contributed by atoms with van der Waals surface area (Å²) in [5.74, 6) is 0.898. The van der Waals surface area contributed by atoms with Crippen LogP contribution in [0.4, 0.5) is 0 Å². The van der Waals surface area contributed by atoms with Gasteiger partial charge in [-0.3, -0.25) is 0 Å². The molecule has 0 nitrogen and oxygen atoms in total. The third-order valence-corrected chi connectivity index (χ3v) is 0.866. The maximum Gasteiger partial charge on any atom is 0 e. The molecular weight excluding hydrogens is 251 g/mol. The zero-order chi connectivity index (χ0) is 4.99. The minimum Gasteiger partial charge on any atom is -0.0654 e. The van der Waals surface area contributed by atoms with Crippen LogP contribution in [0.3, 0.4) is 0 Å². The molecule has 1 heteroatoms. The standard InChI is InChI=1S/C6H14.Hf/c1-4-5-6(2)3;/h6H,4-5H2,1-3H3;. The van der Waals surface area contributed by atoms with Crippen LogP contribution in [0.25, 0.3) is 0 Å². The summed E-state index contributed by atoms with van der Waals surface area (Å²) < 4.78 is 0. The molecule has 0 aliphatic carbocycles. The zero-order valence-corrected chi connectivity index (χ0v) is 9.08. The molecule has 0 spiro atoms. The summed E-state index contributed by atoms with van der Waals surface area (Å²) in [6.07, 6.45) is 2.71. The molecule has 0 fully saturated rings. The fourth-order valence-electron chi connectivity index (χ4n) is 0.577. The van der Waals surface area contributed by atoms with Crippen molar-refractivity contribution in [2.45, 2.75) is 33.6 Å². The maximum absolute atomic E-state index is 2.25. The third kappa shape index (κ3) is 10.9. The molecule has 0 amide bonds. The summed E-state index contributed by atoms with van der Waals surface area (Å²) in [4.78, 5) is 0. The van der Waals surface area contributed by atoms with Crippen molar-refractivity contribution in [1.82, 2.24) is 0 Å². The van der Waals surface area contributed by atoms with Crippen LogP contribution < -0.4 is 0 Å². The van der Waals surface area contributed by atoms with Gasteiger partial charge in [-0.15, -0.1) is 0 Å². The second-order valence-corrected chi connectivity index (χ2v) is 2.18. The summed E-state index contributed by atoms with van der Waals surface area (Å²) in [7, 11) is 0. The van der Waals surface area contributed by atoms with E-state index in [1.165, 1.54) is 12.8 Å². The molecule has 0 unspecified atom stereocenters. The third-order valence-electron chi connectivity index (χ3n) is 0.866. The van der Waals surface area contributed by atoms with E-state index in [1.807, 2.05) is 0 Å². The largest absolute Gasteiger partial charge is 0.0654 e. The molecule has 0 heterocycles. The van der Waals surface area contributed by atoms with Gasteiger partial charge in [-0.05, 0) is 5.92 Å². The fraction of sp³-hybridized carbons (Fsp3) is 1.00. The molecule has 0 rings (SSSR count). The van der Waals surface area contributed by atoms with Crippen LogP contribution in [-0.4, -0.2) is 0 Å². The molecule has 0 bridgehead atoms. The van der Waals surface area contributed by atoms with E-state index in [9.17, 15) is 0 Å². The van der Waals surface area contributed by atoms with Gasteiger partial charge in [0.1, 0.15) is 0 Å². The summed E-state index contributed by atoms with van der Waals surface area (Å²) in [5.41, 5.74) is 0. The van der Waals surface area contributed by atoms with Gasteiger partial charge in [-0.2, -0.15) is 0 Å². The van der Waals surface area contributed by atoms with E-state index in [2.05, 4.69) is 20.8 Å². The van der Waals surface area contributed by atoms with Gasteiger partial charge in [0.05, 0.1) is 0 Å². The van der Waals surface area contributed by atoms with Crippen LogP contribution in [0, 0.1) is 5.92 Å². The normalized spacial score (nSPS) is 8.57. The van der Waals surface area contributed by atoms with Gasteiger partial charge < -0.3 is 0 Å². The first kappa shape index (κ1) is 10.8. The Morgan fingerprint density at radius 1 is 1.29 bits per heavy atom. The van der Waals surface area contributed by atoms with Gasteiger partial charge >= 0.3 is 0 Å². The predicted molar refractivity (Wildman–Crippen MR) is 29.7 cm³/mol. The van der Waals surface area contributed by atoms with Crippen molar-refractivity contribution in [2.75, 3.05) is 0 Å². The van der Waals surface area contributed by atoms with Crippen LogP contribution in [0.15, 0.2) is 0 Å². The van der Waals surface area contributed by atoms with E-state index in [4.69, 9.17) is 0 Å². The monoisotopic (exact) mass is 266 g/mol. The molecule has 42 valence electrons.